The molecule has 0 atom stereocenters. The van der Waals surface area contributed by atoms with Crippen molar-refractivity contribution in [2.75, 3.05) is 19.8 Å². The van der Waals surface area contributed by atoms with Crippen LogP contribution in [0.5, 0.6) is 0 Å². The Balaban J connectivity index is 4.79. The first-order valence-electron chi connectivity index (χ1n) is 5.48. The van der Waals surface area contributed by atoms with Gasteiger partial charge >= 0.3 is 7.60 Å². The molecule has 0 unspecified atom stereocenters. The Hall–Kier alpha value is -0.410. The van der Waals surface area contributed by atoms with Crippen molar-refractivity contribution in [3.8, 4) is 0 Å². The highest BCUT2D eigenvalue weighted by atomic mass is 31.2. The van der Waals surface area contributed by atoms with Gasteiger partial charge in [-0.05, 0) is 27.2 Å². The van der Waals surface area contributed by atoms with Gasteiger partial charge in [0.2, 0.25) is 0 Å². The second kappa shape index (κ2) is 8.71. The van der Waals surface area contributed by atoms with Crippen LogP contribution in [-0.4, -0.2) is 24.9 Å². The molecule has 0 bridgehead atoms. The fourth-order valence-electron chi connectivity index (χ4n) is 1.15. The van der Waals surface area contributed by atoms with Crippen LogP contribution >= 0.6 is 7.60 Å². The third-order valence-electron chi connectivity index (χ3n) is 1.79. The van der Waals surface area contributed by atoms with Crippen molar-refractivity contribution in [2.24, 2.45) is 0 Å². The molecule has 0 aliphatic heterocycles. The maximum atomic E-state index is 12.3. The lowest BCUT2D eigenvalue weighted by atomic mass is 10.4. The molecule has 0 aromatic rings. The quantitative estimate of drug-likeness (QED) is 0.529. The molecule has 0 saturated carbocycles. The van der Waals surface area contributed by atoms with Crippen molar-refractivity contribution in [3.05, 3.63) is 23.5 Å². The van der Waals surface area contributed by atoms with Crippen LogP contribution in [0, 0.1) is 0 Å². The molecule has 94 valence electrons. The molecular weight excluding hydrogens is 227 g/mol. The van der Waals surface area contributed by atoms with E-state index in [1.165, 1.54) is 0 Å². The minimum absolute atomic E-state index is 0.0705. The maximum absolute atomic E-state index is 12.3. The number of allylic oxidation sites excluding steroid dienone is 3. The van der Waals surface area contributed by atoms with Crippen LogP contribution in [0.1, 0.15) is 27.2 Å². The lowest BCUT2D eigenvalue weighted by Gasteiger charge is -2.17. The van der Waals surface area contributed by atoms with Gasteiger partial charge in [0.25, 0.3) is 0 Å². The van der Waals surface area contributed by atoms with Crippen molar-refractivity contribution in [3.63, 3.8) is 0 Å². The number of hydrogen-bond acceptors (Lipinski definition) is 4. The standard InChI is InChI=1S/C11H21O4P/c1-4-11(9-7-8-10-12)16(13,14-5-2)15-6-3/h4,7,9,12H,5-6,8,10H2,1-3H3/b9-7+,11-4+. The number of aliphatic hydroxyl groups excluding tert-OH is 1. The van der Waals surface area contributed by atoms with Gasteiger partial charge in [-0.25, -0.2) is 0 Å². The monoisotopic (exact) mass is 248 g/mol. The summed E-state index contributed by atoms with van der Waals surface area (Å²) >= 11 is 0. The molecule has 0 aromatic carbocycles. The number of hydrogen-bond donors (Lipinski definition) is 1. The van der Waals surface area contributed by atoms with Crippen molar-refractivity contribution in [2.45, 2.75) is 27.2 Å². The Kier molecular flexibility index (Phi) is 8.49. The summed E-state index contributed by atoms with van der Waals surface area (Å²) < 4.78 is 22.7. The van der Waals surface area contributed by atoms with Gasteiger partial charge in [0.1, 0.15) is 0 Å². The Morgan fingerprint density at radius 3 is 2.25 bits per heavy atom. The van der Waals surface area contributed by atoms with Gasteiger partial charge in [-0.15, -0.1) is 0 Å². The van der Waals surface area contributed by atoms with E-state index in [1.807, 2.05) is 0 Å². The minimum Gasteiger partial charge on any atom is -0.396 e. The lowest BCUT2D eigenvalue weighted by molar-refractivity contribution is 0.227. The van der Waals surface area contributed by atoms with Crippen LogP contribution in [0.3, 0.4) is 0 Å². The molecular formula is C11H21O4P. The second-order valence-electron chi connectivity index (χ2n) is 2.96. The predicted octanol–water partition coefficient (Wildman–Crippen LogP) is 3.09. The van der Waals surface area contributed by atoms with E-state index in [0.29, 0.717) is 24.9 Å². The molecule has 1 N–H and O–H groups in total. The summed E-state index contributed by atoms with van der Waals surface area (Å²) in [6.07, 6.45) is 5.66. The van der Waals surface area contributed by atoms with Crippen molar-refractivity contribution >= 4 is 7.60 Å². The molecule has 0 aromatic heterocycles. The zero-order valence-corrected chi connectivity index (χ0v) is 11.1. The molecule has 0 rings (SSSR count). The minimum atomic E-state index is -3.18. The summed E-state index contributed by atoms with van der Waals surface area (Å²) in [4.78, 5) is 0. The molecule has 4 nitrogen and oxygen atoms in total. The predicted molar refractivity (Wildman–Crippen MR) is 65.5 cm³/mol. The van der Waals surface area contributed by atoms with E-state index >= 15 is 0 Å². The zero-order valence-electron chi connectivity index (χ0n) is 10.2. The Bertz CT molecular complexity index is 274. The molecule has 0 radical (unpaired) electrons. The van der Waals surface area contributed by atoms with Crippen LogP contribution in [0.15, 0.2) is 23.5 Å². The van der Waals surface area contributed by atoms with Crippen LogP contribution < -0.4 is 0 Å². The first-order valence-corrected chi connectivity index (χ1v) is 7.02. The van der Waals surface area contributed by atoms with E-state index in [1.54, 1.807) is 39.0 Å². The third-order valence-corrected chi connectivity index (χ3v) is 4.03. The largest absolute Gasteiger partial charge is 0.396 e. The first-order chi connectivity index (χ1) is 7.64. The molecule has 16 heavy (non-hydrogen) atoms. The van der Waals surface area contributed by atoms with E-state index < -0.39 is 7.60 Å². The van der Waals surface area contributed by atoms with E-state index in [2.05, 4.69) is 0 Å². The summed E-state index contributed by atoms with van der Waals surface area (Å²) in [7, 11) is -3.18. The molecule has 0 spiro atoms. The molecule has 5 heteroatoms. The van der Waals surface area contributed by atoms with Gasteiger partial charge in [0.15, 0.2) is 0 Å². The topological polar surface area (TPSA) is 55.8 Å². The normalized spacial score (nSPS) is 13.6. The second-order valence-corrected chi connectivity index (χ2v) is 4.99. The van der Waals surface area contributed by atoms with Crippen molar-refractivity contribution in [1.29, 1.82) is 0 Å². The highest BCUT2D eigenvalue weighted by Crippen LogP contribution is 2.56. The Labute approximate surface area is 97.5 Å². The average Bonchev–Trinajstić information content (AvgIpc) is 2.25. The van der Waals surface area contributed by atoms with Crippen LogP contribution in [0.25, 0.3) is 0 Å². The van der Waals surface area contributed by atoms with Gasteiger partial charge in [-0.1, -0.05) is 18.2 Å². The van der Waals surface area contributed by atoms with E-state index in [4.69, 9.17) is 14.2 Å². The summed E-state index contributed by atoms with van der Waals surface area (Å²) in [5, 5.41) is 9.19. The van der Waals surface area contributed by atoms with E-state index in [9.17, 15) is 4.57 Å². The number of aliphatic hydroxyl groups is 1. The smallest absolute Gasteiger partial charge is 0.360 e. The number of rotatable bonds is 8. The first kappa shape index (κ1) is 15.6. The summed E-state index contributed by atoms with van der Waals surface area (Å²) in [6.45, 7) is 6.07. The fourth-order valence-corrected chi connectivity index (χ4v) is 2.81. The SMILES string of the molecule is C/C=C(\C=C\CCO)P(=O)(OCC)OCC. The highest BCUT2D eigenvalue weighted by Gasteiger charge is 2.26. The van der Waals surface area contributed by atoms with Gasteiger partial charge in [-0.2, -0.15) is 0 Å². The summed E-state index contributed by atoms with van der Waals surface area (Å²) in [5.74, 6) is 0. The van der Waals surface area contributed by atoms with E-state index in [0.717, 1.165) is 0 Å². The molecule has 0 aliphatic rings. The summed E-state index contributed by atoms with van der Waals surface area (Å²) in [5.41, 5.74) is 0. The van der Waals surface area contributed by atoms with Gasteiger partial charge in [0.05, 0.1) is 18.5 Å². The molecule has 0 heterocycles. The molecule has 0 fully saturated rings. The molecule has 0 amide bonds. The van der Waals surface area contributed by atoms with Gasteiger partial charge in [0, 0.05) is 6.61 Å². The van der Waals surface area contributed by atoms with Crippen molar-refractivity contribution < 1.29 is 18.7 Å². The van der Waals surface area contributed by atoms with Crippen molar-refractivity contribution in [1.82, 2.24) is 0 Å². The zero-order chi connectivity index (χ0) is 12.4. The Morgan fingerprint density at radius 2 is 1.88 bits per heavy atom. The fraction of sp³-hybridized carbons (Fsp3) is 0.636. The molecule has 0 aliphatic carbocycles. The third kappa shape index (κ3) is 5.08. The highest BCUT2D eigenvalue weighted by molar-refractivity contribution is 7.58. The Morgan fingerprint density at radius 1 is 1.31 bits per heavy atom. The van der Waals surface area contributed by atoms with Gasteiger partial charge < -0.3 is 14.2 Å². The van der Waals surface area contributed by atoms with Crippen LogP contribution in [-0.2, 0) is 13.6 Å². The molecule has 0 saturated heterocycles. The average molecular weight is 248 g/mol. The van der Waals surface area contributed by atoms with E-state index in [-0.39, 0.29) is 6.61 Å². The van der Waals surface area contributed by atoms with Crippen LogP contribution in [0.4, 0.5) is 0 Å². The lowest BCUT2D eigenvalue weighted by Crippen LogP contribution is -1.97. The maximum Gasteiger partial charge on any atom is 0.360 e. The van der Waals surface area contributed by atoms with Crippen LogP contribution in [0.2, 0.25) is 0 Å². The van der Waals surface area contributed by atoms with Gasteiger partial charge in [-0.3, -0.25) is 4.57 Å². The summed E-state index contributed by atoms with van der Waals surface area (Å²) in [6, 6.07) is 0.